The fourth-order valence-corrected chi connectivity index (χ4v) is 3.84. The number of ether oxygens (including phenoxy) is 1. The molecule has 0 saturated heterocycles. The van der Waals surface area contributed by atoms with Gasteiger partial charge in [-0.2, -0.15) is 0 Å². The Hall–Kier alpha value is -1.88. The minimum Gasteiger partial charge on any atom is -0.440 e. The van der Waals surface area contributed by atoms with Gasteiger partial charge < -0.3 is 9.84 Å². The van der Waals surface area contributed by atoms with Crippen LogP contribution in [-0.2, 0) is 4.74 Å². The number of fused-ring (bicyclic) bond motifs is 1. The number of nitrogens with zero attached hydrogens (tertiary/aromatic N) is 2. The van der Waals surface area contributed by atoms with Gasteiger partial charge in [0.05, 0.1) is 12.0 Å². The molecule has 0 aliphatic heterocycles. The van der Waals surface area contributed by atoms with Crippen LogP contribution < -0.4 is 0 Å². The van der Waals surface area contributed by atoms with Crippen molar-refractivity contribution >= 4 is 6.09 Å². The van der Waals surface area contributed by atoms with Crippen molar-refractivity contribution in [2.75, 3.05) is 0 Å². The quantitative estimate of drug-likeness (QED) is 0.847. The first-order valence-electron chi connectivity index (χ1n) is 8.35. The average molecular weight is 328 g/mol. The van der Waals surface area contributed by atoms with Crippen molar-refractivity contribution in [2.45, 2.75) is 45.3 Å². The molecule has 1 aromatic rings. The highest BCUT2D eigenvalue weighted by Gasteiger charge is 2.52. The fraction of sp³-hybridized carbons (Fsp3) is 0.526. The summed E-state index contributed by atoms with van der Waals surface area (Å²) in [7, 11) is 0. The molecular weight excluding hydrogens is 304 g/mol. The topological polar surface area (TPSA) is 64.3 Å². The van der Waals surface area contributed by atoms with Gasteiger partial charge in [-0.3, -0.25) is 0 Å². The Kier molecular flexibility index (Phi) is 4.38. The third-order valence-electron chi connectivity index (χ3n) is 5.39. The number of aromatic nitrogens is 2. The predicted molar refractivity (Wildman–Crippen MR) is 90.0 cm³/mol. The number of aliphatic hydroxyl groups is 1. The lowest BCUT2D eigenvalue weighted by Gasteiger charge is -2.51. The third-order valence-corrected chi connectivity index (χ3v) is 5.39. The summed E-state index contributed by atoms with van der Waals surface area (Å²) in [6, 6.07) is 0. The first-order valence-corrected chi connectivity index (χ1v) is 8.35. The van der Waals surface area contributed by atoms with E-state index >= 15 is 0 Å². The van der Waals surface area contributed by atoms with Crippen LogP contribution in [0.25, 0.3) is 0 Å². The van der Waals surface area contributed by atoms with E-state index in [9.17, 15) is 9.90 Å². The largest absolute Gasteiger partial charge is 0.440 e. The van der Waals surface area contributed by atoms with Crippen molar-refractivity contribution in [3.05, 3.63) is 48.9 Å². The van der Waals surface area contributed by atoms with Gasteiger partial charge in [0.25, 0.3) is 0 Å². The standard InChI is InChI=1S/C19H24N2O3/c1-12(2)15-6-5-14(4)19(23)10-17(13(3)9-16(15)19)24-18(22)21-8-7-20-11-21/h7-9,11,14-17,23H,1,5-6H2,2-4H3/t14-,15?,16-,17-,19-/m1/s1. The molecule has 0 bridgehead atoms. The molecule has 2 radical (unpaired) electrons. The number of hydrogen-bond donors (Lipinski definition) is 1. The zero-order valence-electron chi connectivity index (χ0n) is 14.4. The van der Waals surface area contributed by atoms with Crippen LogP contribution >= 0.6 is 0 Å². The van der Waals surface area contributed by atoms with Crippen LogP contribution in [0.3, 0.4) is 0 Å². The summed E-state index contributed by atoms with van der Waals surface area (Å²) in [6.45, 7) is 10.0. The van der Waals surface area contributed by atoms with Gasteiger partial charge in [-0.1, -0.05) is 25.2 Å². The predicted octanol–water partition coefficient (Wildman–Crippen LogP) is 3.25. The van der Waals surface area contributed by atoms with E-state index in [0.717, 1.165) is 24.0 Å². The zero-order valence-corrected chi connectivity index (χ0v) is 14.4. The zero-order chi connectivity index (χ0) is 17.5. The summed E-state index contributed by atoms with van der Waals surface area (Å²) in [4.78, 5) is 16.0. The van der Waals surface area contributed by atoms with Gasteiger partial charge in [-0.05, 0) is 44.1 Å². The lowest BCUT2D eigenvalue weighted by molar-refractivity contribution is -0.0790. The van der Waals surface area contributed by atoms with E-state index in [1.165, 1.54) is 23.3 Å². The molecule has 1 aromatic heterocycles. The summed E-state index contributed by atoms with van der Waals surface area (Å²) < 4.78 is 6.80. The Morgan fingerprint density at radius 1 is 1.54 bits per heavy atom. The Morgan fingerprint density at radius 2 is 2.29 bits per heavy atom. The van der Waals surface area contributed by atoms with Gasteiger partial charge in [-0.15, -0.1) is 0 Å². The van der Waals surface area contributed by atoms with Gasteiger partial charge in [0.1, 0.15) is 12.4 Å². The number of rotatable bonds is 2. The maximum absolute atomic E-state index is 12.2. The number of hydrogen-bond acceptors (Lipinski definition) is 4. The molecule has 5 nitrogen and oxygen atoms in total. The molecule has 1 fully saturated rings. The maximum Gasteiger partial charge on any atom is 0.419 e. The summed E-state index contributed by atoms with van der Waals surface area (Å²) in [6.07, 6.45) is 10.4. The molecular formula is C19H24N2O3. The molecule has 1 heterocycles. The van der Waals surface area contributed by atoms with Gasteiger partial charge in [0, 0.05) is 18.3 Å². The van der Waals surface area contributed by atoms with Crippen molar-refractivity contribution in [1.29, 1.82) is 0 Å². The summed E-state index contributed by atoms with van der Waals surface area (Å²) >= 11 is 0. The second kappa shape index (κ2) is 6.20. The summed E-state index contributed by atoms with van der Waals surface area (Å²) in [5.74, 6) is 0.206. The van der Waals surface area contributed by atoms with Gasteiger partial charge in [0.2, 0.25) is 0 Å². The molecule has 24 heavy (non-hydrogen) atoms. The van der Waals surface area contributed by atoms with Crippen molar-refractivity contribution in [3.8, 4) is 0 Å². The van der Waals surface area contributed by atoms with Crippen molar-refractivity contribution in [3.63, 3.8) is 0 Å². The molecule has 1 saturated carbocycles. The lowest BCUT2D eigenvalue weighted by Crippen LogP contribution is -2.55. The molecule has 0 aromatic carbocycles. The van der Waals surface area contributed by atoms with Crippen LogP contribution in [0, 0.1) is 24.2 Å². The molecule has 1 unspecified atom stereocenters. The van der Waals surface area contributed by atoms with Crippen LogP contribution in [0.15, 0.2) is 42.5 Å². The van der Waals surface area contributed by atoms with Crippen LogP contribution in [0.1, 0.15) is 33.6 Å². The van der Waals surface area contributed by atoms with E-state index in [-0.39, 0.29) is 17.8 Å². The van der Waals surface area contributed by atoms with E-state index in [1.54, 1.807) is 0 Å². The van der Waals surface area contributed by atoms with Crippen molar-refractivity contribution < 1.29 is 14.6 Å². The lowest BCUT2D eigenvalue weighted by atomic mass is 9.58. The molecule has 5 heteroatoms. The number of carbonyl (C=O) groups excluding carboxylic acids is 1. The highest BCUT2D eigenvalue weighted by atomic mass is 16.6. The Bertz CT molecular complexity index is 664. The molecule has 3 rings (SSSR count). The number of allylic oxidation sites excluding steroid dienone is 1. The molecule has 2 aliphatic rings. The van der Waals surface area contributed by atoms with Gasteiger partial charge >= 0.3 is 6.09 Å². The van der Waals surface area contributed by atoms with E-state index in [2.05, 4.69) is 18.0 Å². The summed E-state index contributed by atoms with van der Waals surface area (Å²) in [5.41, 5.74) is 0.852. The van der Waals surface area contributed by atoms with Crippen molar-refractivity contribution in [1.82, 2.24) is 9.55 Å². The smallest absolute Gasteiger partial charge is 0.419 e. The Labute approximate surface area is 143 Å². The molecule has 128 valence electrons. The second-order valence-electron chi connectivity index (χ2n) is 7.07. The highest BCUT2D eigenvalue weighted by molar-refractivity contribution is 5.70. The number of carbonyl (C=O) groups is 1. The SMILES string of the molecule is C=C(C)C1CC[C@@H](C)[C@]2(O)[C][C@@H](OC(=O)n3ccnc3)C(C)=C[C@H]12. The minimum absolute atomic E-state index is 0.0527. The summed E-state index contributed by atoms with van der Waals surface area (Å²) in [5, 5.41) is 11.3. The van der Waals surface area contributed by atoms with Crippen LogP contribution in [-0.4, -0.2) is 32.5 Å². The number of imidazole rings is 1. The monoisotopic (exact) mass is 328 g/mol. The Balaban J connectivity index is 1.86. The molecule has 0 spiro atoms. The normalized spacial score (nSPS) is 35.8. The van der Waals surface area contributed by atoms with Crippen LogP contribution in [0.2, 0.25) is 0 Å². The minimum atomic E-state index is -1.11. The molecule has 1 N–H and O–H groups in total. The van der Waals surface area contributed by atoms with E-state index in [0.29, 0.717) is 0 Å². The first-order chi connectivity index (χ1) is 11.3. The van der Waals surface area contributed by atoms with Gasteiger partial charge in [0.15, 0.2) is 0 Å². The van der Waals surface area contributed by atoms with Crippen molar-refractivity contribution in [2.24, 2.45) is 17.8 Å². The average Bonchev–Trinajstić information content (AvgIpc) is 3.05. The highest BCUT2D eigenvalue weighted by Crippen LogP contribution is 2.50. The Morgan fingerprint density at radius 3 is 2.92 bits per heavy atom. The van der Waals surface area contributed by atoms with E-state index < -0.39 is 17.8 Å². The maximum atomic E-state index is 12.2. The molecule has 0 amide bonds. The van der Waals surface area contributed by atoms with Crippen LogP contribution in [0.4, 0.5) is 4.79 Å². The molecule has 2 aliphatic carbocycles. The first kappa shape index (κ1) is 17.0. The van der Waals surface area contributed by atoms with Crippen LogP contribution in [0.5, 0.6) is 0 Å². The fourth-order valence-electron chi connectivity index (χ4n) is 3.84. The van der Waals surface area contributed by atoms with E-state index in [4.69, 9.17) is 4.74 Å². The van der Waals surface area contributed by atoms with E-state index in [1.807, 2.05) is 26.8 Å². The third kappa shape index (κ3) is 2.81. The molecule has 5 atom stereocenters. The van der Waals surface area contributed by atoms with Gasteiger partial charge in [-0.25, -0.2) is 14.3 Å². The second-order valence-corrected chi connectivity index (χ2v) is 7.07.